The van der Waals surface area contributed by atoms with Gasteiger partial charge in [0.2, 0.25) is 5.91 Å². The summed E-state index contributed by atoms with van der Waals surface area (Å²) in [6.07, 6.45) is 0. The molecule has 0 saturated carbocycles. The van der Waals surface area contributed by atoms with E-state index in [1.165, 1.54) is 0 Å². The number of carbonyl (C=O) groups excluding carboxylic acids is 1. The average Bonchev–Trinajstić information content (AvgIpc) is 2.67. The summed E-state index contributed by atoms with van der Waals surface area (Å²) in [5, 5.41) is 4.46. The van der Waals surface area contributed by atoms with E-state index in [0.717, 1.165) is 5.56 Å². The zero-order valence-corrected chi connectivity index (χ0v) is 16.8. The Balaban J connectivity index is 1.62. The van der Waals surface area contributed by atoms with Gasteiger partial charge in [0.1, 0.15) is 5.82 Å². The van der Waals surface area contributed by atoms with Crippen molar-refractivity contribution in [3.63, 3.8) is 0 Å². The lowest BCUT2D eigenvalue weighted by molar-refractivity contribution is -0.122. The van der Waals surface area contributed by atoms with Gasteiger partial charge in [0.05, 0.1) is 24.0 Å². The van der Waals surface area contributed by atoms with Gasteiger partial charge in [-0.25, -0.2) is 4.98 Å². The predicted octanol–water partition coefficient (Wildman–Crippen LogP) is 3.37. The van der Waals surface area contributed by atoms with Gasteiger partial charge in [0, 0.05) is 16.6 Å². The number of halogens is 2. The Labute approximate surface area is 172 Å². The van der Waals surface area contributed by atoms with Crippen LogP contribution in [-0.2, 0) is 17.9 Å². The van der Waals surface area contributed by atoms with Crippen molar-refractivity contribution < 1.29 is 4.79 Å². The molecule has 1 aromatic heterocycles. The first-order chi connectivity index (χ1) is 13.5. The van der Waals surface area contributed by atoms with Crippen LogP contribution in [0.2, 0.25) is 10.0 Å². The van der Waals surface area contributed by atoms with Crippen molar-refractivity contribution >= 4 is 40.0 Å². The molecule has 0 aliphatic carbocycles. The summed E-state index contributed by atoms with van der Waals surface area (Å²) in [5.74, 6) is 0.384. The second-order valence-electron chi connectivity index (χ2n) is 6.35. The van der Waals surface area contributed by atoms with Gasteiger partial charge in [-0.3, -0.25) is 14.5 Å². The summed E-state index contributed by atoms with van der Waals surface area (Å²) in [7, 11) is 0. The quantitative estimate of drug-likeness (QED) is 0.616. The minimum atomic E-state index is -0.182. The lowest BCUT2D eigenvalue weighted by Gasteiger charge is -2.19. The molecular weight excluding hydrogens is 399 g/mol. The maximum atomic E-state index is 12.3. The van der Waals surface area contributed by atoms with Gasteiger partial charge in [-0.2, -0.15) is 0 Å². The Morgan fingerprint density at radius 2 is 2.00 bits per heavy atom. The van der Waals surface area contributed by atoms with Crippen molar-refractivity contribution in [3.05, 3.63) is 74.3 Å². The number of hydrogen-bond acceptors (Lipinski definition) is 4. The number of nitrogens with zero attached hydrogens (tertiary/aromatic N) is 2. The highest BCUT2D eigenvalue weighted by molar-refractivity contribution is 6.35. The van der Waals surface area contributed by atoms with E-state index < -0.39 is 0 Å². The molecule has 2 N–H and O–H groups in total. The highest BCUT2D eigenvalue weighted by atomic mass is 35.5. The first-order valence-electron chi connectivity index (χ1n) is 8.87. The third kappa shape index (κ3) is 5.10. The first kappa shape index (κ1) is 20.3. The van der Waals surface area contributed by atoms with Gasteiger partial charge in [-0.15, -0.1) is 0 Å². The normalized spacial score (nSPS) is 11.1. The molecule has 146 valence electrons. The molecule has 0 bridgehead atoms. The lowest BCUT2D eigenvalue weighted by Crippen LogP contribution is -2.37. The van der Waals surface area contributed by atoms with Crippen molar-refractivity contribution in [1.82, 2.24) is 20.2 Å². The van der Waals surface area contributed by atoms with E-state index in [1.54, 1.807) is 36.4 Å². The first-order valence-corrected chi connectivity index (χ1v) is 9.62. The van der Waals surface area contributed by atoms with Gasteiger partial charge in [-0.1, -0.05) is 48.3 Å². The number of rotatable bonds is 7. The van der Waals surface area contributed by atoms with E-state index in [-0.39, 0.29) is 18.0 Å². The molecule has 1 heterocycles. The Kier molecular flexibility index (Phi) is 6.67. The minimum Gasteiger partial charge on any atom is -0.351 e. The summed E-state index contributed by atoms with van der Waals surface area (Å²) in [4.78, 5) is 33.7. The Bertz CT molecular complexity index is 1050. The molecule has 0 unspecified atom stereocenters. The third-order valence-corrected chi connectivity index (χ3v) is 4.93. The van der Waals surface area contributed by atoms with Crippen molar-refractivity contribution in [1.29, 1.82) is 0 Å². The molecule has 2 aromatic carbocycles. The Morgan fingerprint density at radius 3 is 2.75 bits per heavy atom. The topological polar surface area (TPSA) is 78.1 Å². The molecule has 0 spiro atoms. The largest absolute Gasteiger partial charge is 0.351 e. The molecule has 6 nitrogen and oxygen atoms in total. The van der Waals surface area contributed by atoms with Crippen molar-refractivity contribution in [3.8, 4) is 0 Å². The molecule has 1 amide bonds. The van der Waals surface area contributed by atoms with Crippen molar-refractivity contribution in [2.24, 2.45) is 0 Å². The van der Waals surface area contributed by atoms with E-state index >= 15 is 0 Å². The summed E-state index contributed by atoms with van der Waals surface area (Å²) >= 11 is 12.0. The maximum Gasteiger partial charge on any atom is 0.258 e. The number of fused-ring (bicyclic) bond motifs is 1. The summed E-state index contributed by atoms with van der Waals surface area (Å²) < 4.78 is 0. The number of para-hydroxylation sites is 1. The number of likely N-dealkylation sites (N-methyl/N-ethyl adjacent to an activating group) is 1. The van der Waals surface area contributed by atoms with Crippen LogP contribution in [0.3, 0.4) is 0 Å². The standard InChI is InChI=1S/C20H20Cl2N4O2/c1-2-26(11-18-24-17-6-4-3-5-15(17)20(28)25-18)12-19(27)23-10-13-7-8-14(21)9-16(13)22/h3-9H,2,10-12H2,1H3,(H,23,27)(H,24,25,28). The molecule has 3 rings (SSSR count). The summed E-state index contributed by atoms with van der Waals surface area (Å²) in [6, 6.07) is 12.3. The van der Waals surface area contributed by atoms with Crippen molar-refractivity contribution in [2.45, 2.75) is 20.0 Å². The van der Waals surface area contributed by atoms with E-state index in [1.807, 2.05) is 17.9 Å². The van der Waals surface area contributed by atoms with Crippen LogP contribution in [0.15, 0.2) is 47.3 Å². The molecule has 3 aromatic rings. The van der Waals surface area contributed by atoms with Crippen molar-refractivity contribution in [2.75, 3.05) is 13.1 Å². The highest BCUT2D eigenvalue weighted by Gasteiger charge is 2.12. The fourth-order valence-electron chi connectivity index (χ4n) is 2.82. The summed E-state index contributed by atoms with van der Waals surface area (Å²) in [6.45, 7) is 3.44. The van der Waals surface area contributed by atoms with E-state index in [0.29, 0.717) is 46.4 Å². The predicted molar refractivity (Wildman–Crippen MR) is 112 cm³/mol. The summed E-state index contributed by atoms with van der Waals surface area (Å²) in [5.41, 5.74) is 1.25. The van der Waals surface area contributed by atoms with Gasteiger partial charge < -0.3 is 10.3 Å². The number of benzene rings is 2. The van der Waals surface area contributed by atoms with E-state index in [9.17, 15) is 9.59 Å². The number of H-pyrrole nitrogens is 1. The van der Waals surface area contributed by atoms with E-state index in [4.69, 9.17) is 23.2 Å². The van der Waals surface area contributed by atoms with Crippen LogP contribution in [0.4, 0.5) is 0 Å². The molecule has 0 aliphatic rings. The molecule has 0 aliphatic heterocycles. The lowest BCUT2D eigenvalue weighted by atomic mass is 10.2. The SMILES string of the molecule is CCN(CC(=O)NCc1ccc(Cl)cc1Cl)Cc1nc2ccccc2c(=O)[nH]1. The number of aromatic nitrogens is 2. The molecule has 0 radical (unpaired) electrons. The van der Waals surface area contributed by atoms with Crippen LogP contribution in [0.1, 0.15) is 18.3 Å². The number of aromatic amines is 1. The van der Waals surface area contributed by atoms with Crippen LogP contribution in [0.25, 0.3) is 10.9 Å². The zero-order chi connectivity index (χ0) is 20.1. The molecule has 8 heteroatoms. The maximum absolute atomic E-state index is 12.3. The number of amides is 1. The molecule has 0 atom stereocenters. The molecule has 0 saturated heterocycles. The van der Waals surface area contributed by atoms with Crippen LogP contribution in [0, 0.1) is 0 Å². The molecular formula is C20H20Cl2N4O2. The third-order valence-electron chi connectivity index (χ3n) is 4.34. The smallest absolute Gasteiger partial charge is 0.258 e. The van der Waals surface area contributed by atoms with Gasteiger partial charge in [-0.05, 0) is 36.4 Å². The highest BCUT2D eigenvalue weighted by Crippen LogP contribution is 2.20. The van der Waals surface area contributed by atoms with Gasteiger partial charge in [0.15, 0.2) is 0 Å². The molecule has 0 fully saturated rings. The zero-order valence-electron chi connectivity index (χ0n) is 15.3. The van der Waals surface area contributed by atoms with Crippen LogP contribution in [0.5, 0.6) is 0 Å². The van der Waals surface area contributed by atoms with Crippen LogP contribution < -0.4 is 10.9 Å². The monoisotopic (exact) mass is 418 g/mol. The number of nitrogens with one attached hydrogen (secondary N) is 2. The van der Waals surface area contributed by atoms with E-state index in [2.05, 4.69) is 15.3 Å². The molecule has 28 heavy (non-hydrogen) atoms. The Morgan fingerprint density at radius 1 is 1.21 bits per heavy atom. The fourth-order valence-corrected chi connectivity index (χ4v) is 3.29. The average molecular weight is 419 g/mol. The van der Waals surface area contributed by atoms with Crippen LogP contribution >= 0.6 is 23.2 Å². The van der Waals surface area contributed by atoms with Gasteiger partial charge >= 0.3 is 0 Å². The minimum absolute atomic E-state index is 0.143. The Hall–Kier alpha value is -2.41. The van der Waals surface area contributed by atoms with Gasteiger partial charge in [0.25, 0.3) is 5.56 Å². The number of hydrogen-bond donors (Lipinski definition) is 2. The fraction of sp³-hybridized carbons (Fsp3) is 0.250. The second-order valence-corrected chi connectivity index (χ2v) is 7.19. The number of carbonyl (C=O) groups is 1. The van der Waals surface area contributed by atoms with Crippen LogP contribution in [-0.4, -0.2) is 33.9 Å². The second kappa shape index (κ2) is 9.19.